The number of rotatable bonds is 2. The SMILES string of the molecule is CSCc1ncc(Br)c(=S)[nH]1. The van der Waals surface area contributed by atoms with Crippen LogP contribution in [0.5, 0.6) is 0 Å². The molecule has 1 rings (SSSR count). The van der Waals surface area contributed by atoms with Gasteiger partial charge in [0, 0.05) is 6.20 Å². The second-order valence-electron chi connectivity index (χ2n) is 1.94. The van der Waals surface area contributed by atoms with Crippen LogP contribution < -0.4 is 0 Å². The topological polar surface area (TPSA) is 28.7 Å². The highest BCUT2D eigenvalue weighted by molar-refractivity contribution is 9.10. The van der Waals surface area contributed by atoms with Gasteiger partial charge in [-0.25, -0.2) is 4.98 Å². The van der Waals surface area contributed by atoms with Gasteiger partial charge in [-0.15, -0.1) is 0 Å². The Hall–Kier alpha value is 0.130. The van der Waals surface area contributed by atoms with Crippen LogP contribution in [0.3, 0.4) is 0 Å². The maximum atomic E-state index is 5.00. The van der Waals surface area contributed by atoms with Gasteiger partial charge >= 0.3 is 0 Å². The first-order chi connectivity index (χ1) is 5.24. The fourth-order valence-electron chi connectivity index (χ4n) is 0.626. The van der Waals surface area contributed by atoms with Crippen LogP contribution >= 0.6 is 39.9 Å². The van der Waals surface area contributed by atoms with Crippen molar-refractivity contribution in [2.45, 2.75) is 5.75 Å². The molecule has 0 amide bonds. The molecule has 2 nitrogen and oxygen atoms in total. The van der Waals surface area contributed by atoms with E-state index in [1.807, 2.05) is 6.26 Å². The van der Waals surface area contributed by atoms with E-state index in [-0.39, 0.29) is 0 Å². The van der Waals surface area contributed by atoms with E-state index in [2.05, 4.69) is 25.9 Å². The van der Waals surface area contributed by atoms with Crippen LogP contribution in [-0.2, 0) is 5.75 Å². The largest absolute Gasteiger partial charge is 0.333 e. The monoisotopic (exact) mass is 250 g/mol. The van der Waals surface area contributed by atoms with Gasteiger partial charge in [0.15, 0.2) is 0 Å². The zero-order valence-electron chi connectivity index (χ0n) is 5.93. The van der Waals surface area contributed by atoms with E-state index in [1.165, 1.54) is 0 Å². The lowest BCUT2D eigenvalue weighted by Crippen LogP contribution is -1.91. The van der Waals surface area contributed by atoms with Gasteiger partial charge in [0.25, 0.3) is 0 Å². The second-order valence-corrected chi connectivity index (χ2v) is 4.07. The molecule has 0 fully saturated rings. The summed E-state index contributed by atoms with van der Waals surface area (Å²) in [5.41, 5.74) is 0. The van der Waals surface area contributed by atoms with Gasteiger partial charge in [0.1, 0.15) is 10.5 Å². The van der Waals surface area contributed by atoms with Crippen LogP contribution in [0.2, 0.25) is 0 Å². The summed E-state index contributed by atoms with van der Waals surface area (Å²) in [6, 6.07) is 0. The first kappa shape index (κ1) is 9.22. The molecule has 0 unspecified atom stereocenters. The lowest BCUT2D eigenvalue weighted by atomic mass is 10.6. The van der Waals surface area contributed by atoms with Crippen molar-refractivity contribution in [3.8, 4) is 0 Å². The van der Waals surface area contributed by atoms with Gasteiger partial charge in [0.2, 0.25) is 0 Å². The molecule has 1 heterocycles. The third-order valence-corrected chi connectivity index (χ3v) is 2.84. The lowest BCUT2D eigenvalue weighted by molar-refractivity contribution is 1.01. The van der Waals surface area contributed by atoms with Crippen molar-refractivity contribution in [3.05, 3.63) is 21.1 Å². The Kier molecular flexibility index (Phi) is 3.54. The number of nitrogens with one attached hydrogen (secondary N) is 1. The summed E-state index contributed by atoms with van der Waals surface area (Å²) < 4.78 is 1.56. The van der Waals surface area contributed by atoms with E-state index < -0.39 is 0 Å². The van der Waals surface area contributed by atoms with Crippen molar-refractivity contribution in [1.29, 1.82) is 0 Å². The smallest absolute Gasteiger partial charge is 0.120 e. The van der Waals surface area contributed by atoms with Gasteiger partial charge in [-0.1, -0.05) is 12.2 Å². The maximum absolute atomic E-state index is 5.00. The minimum atomic E-state index is 0.712. The zero-order chi connectivity index (χ0) is 8.27. The Morgan fingerprint density at radius 2 is 2.55 bits per heavy atom. The predicted octanol–water partition coefficient (Wildman–Crippen LogP) is 2.76. The molecule has 0 saturated heterocycles. The third kappa shape index (κ3) is 2.57. The number of aromatic nitrogens is 2. The Bertz CT molecular complexity index is 297. The zero-order valence-corrected chi connectivity index (χ0v) is 9.15. The summed E-state index contributed by atoms with van der Waals surface area (Å²) in [7, 11) is 0. The molecular formula is C6H7BrN2S2. The van der Waals surface area contributed by atoms with Crippen LogP contribution in [0.15, 0.2) is 10.7 Å². The summed E-state index contributed by atoms with van der Waals surface area (Å²) in [5.74, 6) is 1.79. The first-order valence-corrected chi connectivity index (χ1v) is 5.56. The van der Waals surface area contributed by atoms with E-state index >= 15 is 0 Å². The number of hydrogen-bond acceptors (Lipinski definition) is 3. The van der Waals surface area contributed by atoms with Crippen LogP contribution in [0.1, 0.15) is 5.82 Å². The molecule has 1 aromatic heterocycles. The molecule has 0 aliphatic rings. The fourth-order valence-corrected chi connectivity index (χ4v) is 1.42. The van der Waals surface area contributed by atoms with Crippen molar-refractivity contribution < 1.29 is 0 Å². The van der Waals surface area contributed by atoms with Gasteiger partial charge in [0.05, 0.1) is 10.2 Å². The maximum Gasteiger partial charge on any atom is 0.120 e. The Labute approximate surface area is 83.0 Å². The summed E-state index contributed by atoms with van der Waals surface area (Å²) in [4.78, 5) is 7.15. The number of aromatic amines is 1. The summed E-state index contributed by atoms with van der Waals surface area (Å²) >= 11 is 9.99. The van der Waals surface area contributed by atoms with Crippen molar-refractivity contribution in [2.24, 2.45) is 0 Å². The minimum absolute atomic E-state index is 0.712. The van der Waals surface area contributed by atoms with Gasteiger partial charge in [-0.2, -0.15) is 11.8 Å². The highest BCUT2D eigenvalue weighted by atomic mass is 79.9. The Morgan fingerprint density at radius 3 is 3.09 bits per heavy atom. The standard InChI is InChI=1S/C6H7BrN2S2/c1-11-3-5-8-2-4(7)6(10)9-5/h2H,3H2,1H3,(H,8,9,10). The third-order valence-electron chi connectivity index (χ3n) is 1.09. The quantitative estimate of drug-likeness (QED) is 0.819. The Balaban J connectivity index is 2.96. The normalized spacial score (nSPS) is 10.0. The average Bonchev–Trinajstić information content (AvgIpc) is 1.98. The molecule has 1 N–H and O–H groups in total. The highest BCUT2D eigenvalue weighted by Crippen LogP contribution is 2.10. The molecule has 0 radical (unpaired) electrons. The fraction of sp³-hybridized carbons (Fsp3) is 0.333. The molecule has 0 spiro atoms. The van der Waals surface area contributed by atoms with Crippen LogP contribution in [-0.4, -0.2) is 16.2 Å². The molecule has 11 heavy (non-hydrogen) atoms. The molecule has 60 valence electrons. The average molecular weight is 251 g/mol. The molecular weight excluding hydrogens is 244 g/mol. The van der Waals surface area contributed by atoms with Gasteiger partial charge in [-0.3, -0.25) is 0 Å². The van der Waals surface area contributed by atoms with Crippen molar-refractivity contribution in [1.82, 2.24) is 9.97 Å². The first-order valence-electron chi connectivity index (χ1n) is 2.96. The molecule has 0 atom stereocenters. The number of halogens is 1. The summed E-state index contributed by atoms with van der Waals surface area (Å²) in [6.45, 7) is 0. The van der Waals surface area contributed by atoms with Crippen LogP contribution in [0.4, 0.5) is 0 Å². The number of hydrogen-bond donors (Lipinski definition) is 1. The van der Waals surface area contributed by atoms with E-state index in [4.69, 9.17) is 12.2 Å². The lowest BCUT2D eigenvalue weighted by Gasteiger charge is -1.97. The predicted molar refractivity (Wildman–Crippen MR) is 54.3 cm³/mol. The summed E-state index contributed by atoms with van der Waals surface area (Å²) in [6.07, 6.45) is 3.75. The Morgan fingerprint density at radius 1 is 1.82 bits per heavy atom. The second kappa shape index (κ2) is 4.23. The van der Waals surface area contributed by atoms with Crippen LogP contribution in [0, 0.1) is 4.64 Å². The molecule has 1 aromatic rings. The molecule has 0 saturated carbocycles. The van der Waals surface area contributed by atoms with E-state index in [1.54, 1.807) is 18.0 Å². The highest BCUT2D eigenvalue weighted by Gasteiger charge is 1.94. The van der Waals surface area contributed by atoms with E-state index in [0.717, 1.165) is 16.0 Å². The van der Waals surface area contributed by atoms with Gasteiger partial charge < -0.3 is 4.98 Å². The number of nitrogens with zero attached hydrogens (tertiary/aromatic N) is 1. The molecule has 0 aromatic carbocycles. The molecule has 0 aliphatic carbocycles. The molecule has 5 heteroatoms. The summed E-state index contributed by atoms with van der Waals surface area (Å²) in [5, 5.41) is 0. The molecule has 0 bridgehead atoms. The van der Waals surface area contributed by atoms with E-state index in [0.29, 0.717) is 4.64 Å². The van der Waals surface area contributed by atoms with Crippen molar-refractivity contribution >= 4 is 39.9 Å². The van der Waals surface area contributed by atoms with E-state index in [9.17, 15) is 0 Å². The van der Waals surface area contributed by atoms with Crippen LogP contribution in [0.25, 0.3) is 0 Å². The van der Waals surface area contributed by atoms with Crippen molar-refractivity contribution in [3.63, 3.8) is 0 Å². The van der Waals surface area contributed by atoms with Gasteiger partial charge in [-0.05, 0) is 22.2 Å². The molecule has 0 aliphatic heterocycles. The number of thioether (sulfide) groups is 1. The minimum Gasteiger partial charge on any atom is -0.333 e. The number of H-pyrrole nitrogens is 1. The van der Waals surface area contributed by atoms with Crippen molar-refractivity contribution in [2.75, 3.05) is 6.26 Å².